The number of hydrogen-bond donors (Lipinski definition) is 2. The Kier molecular flexibility index (Phi) is 7.09. The molecule has 0 aliphatic carbocycles. The lowest BCUT2D eigenvalue weighted by Gasteiger charge is -2.13. The molecule has 0 unspecified atom stereocenters. The Balaban J connectivity index is 1.89. The molecule has 1 aromatic heterocycles. The van der Waals surface area contributed by atoms with Crippen molar-refractivity contribution in [2.24, 2.45) is 5.73 Å². The standard InChI is InChI=1S/C22H26N4O4S/c1-3-12-30-22-24-14-19(13-23)26(22)15-17-8-10-18(11-9-17)20-6-4-5-7-21(20)31(28,29)25-16(2)27/h4-11,14H,3,12-13,15,23H2,1-2H3,(H,25,27). The van der Waals surface area contributed by atoms with E-state index in [1.807, 2.05) is 40.5 Å². The number of nitrogens with two attached hydrogens (primary N) is 1. The lowest BCUT2D eigenvalue weighted by molar-refractivity contribution is -0.117. The van der Waals surface area contributed by atoms with Gasteiger partial charge in [0.05, 0.1) is 29.9 Å². The normalized spacial score (nSPS) is 11.3. The molecule has 0 spiro atoms. The highest BCUT2D eigenvalue weighted by atomic mass is 32.2. The Labute approximate surface area is 182 Å². The number of aromatic nitrogens is 2. The molecule has 3 N–H and O–H groups in total. The second kappa shape index (κ2) is 9.76. The number of carbonyl (C=O) groups excluding carboxylic acids is 1. The predicted octanol–water partition coefficient (Wildman–Crippen LogP) is 2.67. The number of nitrogens with one attached hydrogen (secondary N) is 1. The number of carbonyl (C=O) groups is 1. The summed E-state index contributed by atoms with van der Waals surface area (Å²) in [6, 6.07) is 14.6. The van der Waals surface area contributed by atoms with Crippen molar-refractivity contribution >= 4 is 15.9 Å². The second-order valence-electron chi connectivity index (χ2n) is 7.03. The summed E-state index contributed by atoms with van der Waals surface area (Å²) in [5, 5.41) is 0. The van der Waals surface area contributed by atoms with Crippen molar-refractivity contribution in [2.75, 3.05) is 6.61 Å². The van der Waals surface area contributed by atoms with Crippen molar-refractivity contribution in [3.05, 3.63) is 66.0 Å². The molecule has 2 aromatic carbocycles. The zero-order chi connectivity index (χ0) is 22.4. The number of benzene rings is 2. The zero-order valence-corrected chi connectivity index (χ0v) is 18.4. The SMILES string of the molecule is CCCOc1ncc(CN)n1Cc1ccc(-c2ccccc2S(=O)(=O)NC(C)=O)cc1. The third-order valence-corrected chi connectivity index (χ3v) is 6.10. The Morgan fingerprint density at radius 1 is 1.16 bits per heavy atom. The summed E-state index contributed by atoms with van der Waals surface area (Å²) in [7, 11) is -3.96. The first-order valence-electron chi connectivity index (χ1n) is 9.94. The number of imidazole rings is 1. The van der Waals surface area contributed by atoms with Gasteiger partial charge in [0.15, 0.2) is 0 Å². The third kappa shape index (κ3) is 5.31. The highest BCUT2D eigenvalue weighted by Gasteiger charge is 2.20. The fourth-order valence-corrected chi connectivity index (χ4v) is 4.41. The van der Waals surface area contributed by atoms with Gasteiger partial charge in [-0.2, -0.15) is 0 Å². The van der Waals surface area contributed by atoms with Crippen LogP contribution in [0, 0.1) is 0 Å². The lowest BCUT2D eigenvalue weighted by atomic mass is 10.0. The van der Waals surface area contributed by atoms with Crippen LogP contribution in [0.4, 0.5) is 0 Å². The molecular weight excluding hydrogens is 416 g/mol. The first-order chi connectivity index (χ1) is 14.9. The predicted molar refractivity (Wildman–Crippen MR) is 118 cm³/mol. The summed E-state index contributed by atoms with van der Waals surface area (Å²) < 4.78 is 34.7. The summed E-state index contributed by atoms with van der Waals surface area (Å²) in [6.45, 7) is 4.63. The van der Waals surface area contributed by atoms with E-state index in [1.54, 1.807) is 24.4 Å². The van der Waals surface area contributed by atoms with Crippen molar-refractivity contribution in [3.8, 4) is 17.1 Å². The maximum absolute atomic E-state index is 12.5. The molecule has 0 fully saturated rings. The number of ether oxygens (including phenoxy) is 1. The minimum atomic E-state index is -3.96. The Morgan fingerprint density at radius 3 is 2.52 bits per heavy atom. The van der Waals surface area contributed by atoms with E-state index in [0.29, 0.717) is 31.3 Å². The number of nitrogens with zero attached hydrogens (tertiary/aromatic N) is 2. The summed E-state index contributed by atoms with van der Waals surface area (Å²) >= 11 is 0. The van der Waals surface area contributed by atoms with Crippen LogP contribution in [0.5, 0.6) is 6.01 Å². The summed E-state index contributed by atoms with van der Waals surface area (Å²) in [5.41, 5.74) is 8.92. The minimum absolute atomic E-state index is 0.0493. The first kappa shape index (κ1) is 22.5. The minimum Gasteiger partial charge on any atom is -0.465 e. The van der Waals surface area contributed by atoms with Crippen LogP contribution >= 0.6 is 0 Å². The van der Waals surface area contributed by atoms with Gasteiger partial charge in [-0.05, 0) is 23.6 Å². The molecule has 31 heavy (non-hydrogen) atoms. The van der Waals surface area contributed by atoms with E-state index in [9.17, 15) is 13.2 Å². The van der Waals surface area contributed by atoms with Gasteiger partial charge in [-0.25, -0.2) is 18.1 Å². The van der Waals surface area contributed by atoms with Gasteiger partial charge in [0.25, 0.3) is 16.0 Å². The molecule has 1 amide bonds. The second-order valence-corrected chi connectivity index (χ2v) is 8.68. The van der Waals surface area contributed by atoms with Crippen LogP contribution in [-0.4, -0.2) is 30.5 Å². The molecule has 0 aliphatic rings. The van der Waals surface area contributed by atoms with E-state index in [-0.39, 0.29) is 4.90 Å². The average Bonchev–Trinajstić information content (AvgIpc) is 3.13. The molecule has 0 atom stereocenters. The monoisotopic (exact) mass is 442 g/mol. The van der Waals surface area contributed by atoms with Crippen molar-refractivity contribution in [1.82, 2.24) is 14.3 Å². The van der Waals surface area contributed by atoms with Crippen molar-refractivity contribution in [1.29, 1.82) is 0 Å². The van der Waals surface area contributed by atoms with E-state index in [1.165, 1.54) is 13.0 Å². The quantitative estimate of drug-likeness (QED) is 0.526. The molecule has 0 saturated heterocycles. The third-order valence-electron chi connectivity index (χ3n) is 4.61. The summed E-state index contributed by atoms with van der Waals surface area (Å²) in [6.07, 6.45) is 2.59. The molecule has 0 aliphatic heterocycles. The highest BCUT2D eigenvalue weighted by molar-refractivity contribution is 7.90. The van der Waals surface area contributed by atoms with Gasteiger partial charge in [0.2, 0.25) is 5.91 Å². The molecule has 9 heteroatoms. The van der Waals surface area contributed by atoms with E-state index < -0.39 is 15.9 Å². The zero-order valence-electron chi connectivity index (χ0n) is 17.5. The number of hydrogen-bond acceptors (Lipinski definition) is 6. The summed E-state index contributed by atoms with van der Waals surface area (Å²) in [5.74, 6) is -0.637. The highest BCUT2D eigenvalue weighted by Crippen LogP contribution is 2.28. The molecule has 0 radical (unpaired) electrons. The smallest absolute Gasteiger partial charge is 0.296 e. The number of rotatable bonds is 9. The van der Waals surface area contributed by atoms with Gasteiger partial charge in [0, 0.05) is 19.0 Å². The van der Waals surface area contributed by atoms with Crippen LogP contribution in [0.3, 0.4) is 0 Å². The fourth-order valence-electron chi connectivity index (χ4n) is 3.19. The number of amides is 1. The largest absolute Gasteiger partial charge is 0.465 e. The molecule has 3 aromatic rings. The first-order valence-corrected chi connectivity index (χ1v) is 11.4. The molecule has 0 bridgehead atoms. The van der Waals surface area contributed by atoms with E-state index in [2.05, 4.69) is 4.98 Å². The van der Waals surface area contributed by atoms with Crippen LogP contribution in [0.1, 0.15) is 31.5 Å². The van der Waals surface area contributed by atoms with Gasteiger partial charge in [-0.15, -0.1) is 0 Å². The average molecular weight is 443 g/mol. The maximum atomic E-state index is 12.5. The van der Waals surface area contributed by atoms with E-state index >= 15 is 0 Å². The van der Waals surface area contributed by atoms with Crippen LogP contribution in [-0.2, 0) is 27.9 Å². The molecule has 0 saturated carbocycles. The molecule has 164 valence electrons. The number of sulfonamides is 1. The van der Waals surface area contributed by atoms with Gasteiger partial charge in [0.1, 0.15) is 0 Å². The Hall–Kier alpha value is -3.17. The summed E-state index contributed by atoms with van der Waals surface area (Å²) in [4.78, 5) is 15.7. The van der Waals surface area contributed by atoms with Crippen molar-refractivity contribution in [2.45, 2.75) is 38.3 Å². The van der Waals surface area contributed by atoms with Gasteiger partial charge < -0.3 is 10.5 Å². The van der Waals surface area contributed by atoms with E-state index in [4.69, 9.17) is 10.5 Å². The van der Waals surface area contributed by atoms with Gasteiger partial charge in [-0.1, -0.05) is 49.4 Å². The van der Waals surface area contributed by atoms with Crippen LogP contribution in [0.2, 0.25) is 0 Å². The molecule has 1 heterocycles. The van der Waals surface area contributed by atoms with Crippen LogP contribution in [0.15, 0.2) is 59.6 Å². The fraction of sp³-hybridized carbons (Fsp3) is 0.273. The lowest BCUT2D eigenvalue weighted by Crippen LogP contribution is -2.28. The maximum Gasteiger partial charge on any atom is 0.296 e. The van der Waals surface area contributed by atoms with Crippen molar-refractivity contribution < 1.29 is 17.9 Å². The van der Waals surface area contributed by atoms with Crippen LogP contribution in [0.25, 0.3) is 11.1 Å². The molecule has 8 nitrogen and oxygen atoms in total. The van der Waals surface area contributed by atoms with E-state index in [0.717, 1.165) is 23.2 Å². The Bertz CT molecular complexity index is 1150. The molecule has 3 rings (SSSR count). The topological polar surface area (TPSA) is 116 Å². The molecular formula is C22H26N4O4S. The Morgan fingerprint density at radius 2 is 1.87 bits per heavy atom. The van der Waals surface area contributed by atoms with Gasteiger partial charge >= 0.3 is 0 Å². The van der Waals surface area contributed by atoms with Gasteiger partial charge in [-0.3, -0.25) is 9.36 Å². The van der Waals surface area contributed by atoms with Crippen molar-refractivity contribution in [3.63, 3.8) is 0 Å². The van der Waals surface area contributed by atoms with Crippen LogP contribution < -0.4 is 15.2 Å².